The van der Waals surface area contributed by atoms with Gasteiger partial charge in [-0.15, -0.1) is 0 Å². The summed E-state index contributed by atoms with van der Waals surface area (Å²) in [5, 5.41) is 0. The van der Waals surface area contributed by atoms with Gasteiger partial charge in [0.05, 0.1) is 5.69 Å². The van der Waals surface area contributed by atoms with Crippen LogP contribution in [0.1, 0.15) is 5.56 Å². The number of rotatable bonds is 2. The Morgan fingerprint density at radius 2 is 2.22 bits per heavy atom. The van der Waals surface area contributed by atoms with E-state index in [0.29, 0.717) is 16.8 Å². The van der Waals surface area contributed by atoms with Crippen molar-refractivity contribution in [3.8, 4) is 17.3 Å². The molecule has 0 fully saturated rings. The zero-order valence-electron chi connectivity index (χ0n) is 9.42. The summed E-state index contributed by atoms with van der Waals surface area (Å²) >= 11 is 0. The lowest BCUT2D eigenvalue weighted by molar-refractivity contribution is 0.207. The van der Waals surface area contributed by atoms with Crippen molar-refractivity contribution in [1.29, 1.82) is 0 Å². The smallest absolute Gasteiger partial charge is 0.374 e. The van der Waals surface area contributed by atoms with E-state index in [1.54, 1.807) is 19.1 Å². The lowest BCUT2D eigenvalue weighted by atomic mass is 10.1. The van der Waals surface area contributed by atoms with Crippen LogP contribution < -0.4 is 10.5 Å². The highest BCUT2D eigenvalue weighted by Gasteiger charge is 2.07. The van der Waals surface area contributed by atoms with Crippen molar-refractivity contribution in [2.75, 3.05) is 0 Å². The molecule has 7 heteroatoms. The van der Waals surface area contributed by atoms with Crippen LogP contribution >= 0.6 is 0 Å². The molecule has 2 aromatic heterocycles. The average Bonchev–Trinajstić information content (AvgIpc) is 2.32. The van der Waals surface area contributed by atoms with Crippen LogP contribution in [-0.2, 0) is 0 Å². The third kappa shape index (κ3) is 2.57. The van der Waals surface area contributed by atoms with Gasteiger partial charge in [0.25, 0.3) is 0 Å². The van der Waals surface area contributed by atoms with E-state index >= 15 is 0 Å². The Bertz CT molecular complexity index is 603. The predicted octanol–water partition coefficient (Wildman–Crippen LogP) is 1.44. The van der Waals surface area contributed by atoms with Gasteiger partial charge >= 0.3 is 12.1 Å². The number of hydrogen-bond acceptors (Lipinski definition) is 5. The summed E-state index contributed by atoms with van der Waals surface area (Å²) in [6.45, 7) is 1.59. The quantitative estimate of drug-likeness (QED) is 0.812. The standard InChI is InChI=1S/C11H9FN4O2/c1-6-4-7(5-15-9(6)12)8-2-3-14-11(16-8)18-10(13)17/h2-5H,1H3,(H2,13,17). The minimum atomic E-state index is -0.999. The maximum absolute atomic E-state index is 13.0. The molecule has 0 saturated carbocycles. The number of carbonyl (C=O) groups excluding carboxylic acids is 1. The summed E-state index contributed by atoms with van der Waals surface area (Å²) in [5.41, 5.74) is 6.29. The number of primary amides is 1. The Kier molecular flexibility index (Phi) is 3.13. The molecule has 2 rings (SSSR count). The van der Waals surface area contributed by atoms with E-state index in [4.69, 9.17) is 5.73 Å². The molecule has 18 heavy (non-hydrogen) atoms. The highest BCUT2D eigenvalue weighted by Crippen LogP contribution is 2.19. The fraction of sp³-hybridized carbons (Fsp3) is 0.0909. The summed E-state index contributed by atoms with van der Waals surface area (Å²) in [6.07, 6.45) is 1.73. The summed E-state index contributed by atoms with van der Waals surface area (Å²) in [7, 11) is 0. The predicted molar refractivity (Wildman–Crippen MR) is 60.2 cm³/mol. The minimum absolute atomic E-state index is 0.165. The number of halogens is 1. The first-order valence-corrected chi connectivity index (χ1v) is 4.99. The molecule has 0 aromatic carbocycles. The number of nitrogens with zero attached hydrogens (tertiary/aromatic N) is 3. The van der Waals surface area contributed by atoms with Gasteiger partial charge in [0.2, 0.25) is 5.95 Å². The van der Waals surface area contributed by atoms with Crippen LogP contribution in [0.4, 0.5) is 9.18 Å². The highest BCUT2D eigenvalue weighted by molar-refractivity contribution is 5.67. The number of nitrogens with two attached hydrogens (primary N) is 1. The van der Waals surface area contributed by atoms with Gasteiger partial charge in [-0.2, -0.15) is 9.37 Å². The monoisotopic (exact) mass is 248 g/mol. The molecule has 0 aliphatic carbocycles. The second kappa shape index (κ2) is 4.74. The van der Waals surface area contributed by atoms with Crippen molar-refractivity contribution in [3.63, 3.8) is 0 Å². The molecule has 2 heterocycles. The normalized spacial score (nSPS) is 10.1. The summed E-state index contributed by atoms with van der Waals surface area (Å²) in [5.74, 6) is -0.540. The SMILES string of the molecule is Cc1cc(-c2ccnc(OC(N)=O)n2)cnc1F. The number of amides is 1. The van der Waals surface area contributed by atoms with Gasteiger partial charge in [0.1, 0.15) is 0 Å². The van der Waals surface area contributed by atoms with Crippen molar-refractivity contribution in [3.05, 3.63) is 36.0 Å². The molecule has 0 radical (unpaired) electrons. The molecule has 0 saturated heterocycles. The molecular formula is C11H9FN4O2. The van der Waals surface area contributed by atoms with E-state index in [1.807, 2.05) is 0 Å². The molecule has 1 amide bonds. The van der Waals surface area contributed by atoms with E-state index in [1.165, 1.54) is 12.4 Å². The van der Waals surface area contributed by atoms with Gasteiger partial charge in [-0.05, 0) is 19.1 Å². The molecule has 0 bridgehead atoms. The van der Waals surface area contributed by atoms with Crippen molar-refractivity contribution < 1.29 is 13.9 Å². The first-order chi connectivity index (χ1) is 8.56. The van der Waals surface area contributed by atoms with Crippen molar-refractivity contribution in [1.82, 2.24) is 15.0 Å². The largest absolute Gasteiger partial charge is 0.412 e. The molecule has 0 aliphatic rings. The number of ether oxygens (including phenoxy) is 1. The number of pyridine rings is 1. The van der Waals surface area contributed by atoms with Crippen LogP contribution in [0, 0.1) is 12.9 Å². The van der Waals surface area contributed by atoms with Gasteiger partial charge in [-0.3, -0.25) is 0 Å². The van der Waals surface area contributed by atoms with Crippen molar-refractivity contribution in [2.45, 2.75) is 6.92 Å². The van der Waals surface area contributed by atoms with Crippen LogP contribution in [-0.4, -0.2) is 21.0 Å². The molecule has 6 nitrogen and oxygen atoms in total. The molecule has 0 aliphatic heterocycles. The molecule has 2 aromatic rings. The molecule has 0 atom stereocenters. The average molecular weight is 248 g/mol. The Morgan fingerprint density at radius 3 is 2.89 bits per heavy atom. The Morgan fingerprint density at radius 1 is 1.44 bits per heavy atom. The lowest BCUT2D eigenvalue weighted by Gasteiger charge is -2.03. The second-order valence-corrected chi connectivity index (χ2v) is 3.48. The highest BCUT2D eigenvalue weighted by atomic mass is 19.1. The summed E-state index contributed by atoms with van der Waals surface area (Å²) in [4.78, 5) is 21.8. The van der Waals surface area contributed by atoms with Crippen LogP contribution in [0.25, 0.3) is 11.3 Å². The maximum Gasteiger partial charge on any atom is 0.412 e. The van der Waals surface area contributed by atoms with E-state index in [2.05, 4.69) is 19.7 Å². The Balaban J connectivity index is 2.38. The van der Waals surface area contributed by atoms with Gasteiger partial charge in [-0.25, -0.2) is 14.8 Å². The minimum Gasteiger partial charge on any atom is -0.374 e. The molecule has 0 unspecified atom stereocenters. The third-order valence-electron chi connectivity index (χ3n) is 2.14. The number of hydrogen-bond donors (Lipinski definition) is 1. The van der Waals surface area contributed by atoms with Gasteiger partial charge in [-0.1, -0.05) is 0 Å². The third-order valence-corrected chi connectivity index (χ3v) is 2.14. The number of aryl methyl sites for hydroxylation is 1. The first kappa shape index (κ1) is 11.9. The van der Waals surface area contributed by atoms with E-state index in [9.17, 15) is 9.18 Å². The zero-order valence-corrected chi connectivity index (χ0v) is 9.42. The van der Waals surface area contributed by atoms with E-state index in [0.717, 1.165) is 0 Å². The fourth-order valence-electron chi connectivity index (χ4n) is 1.34. The van der Waals surface area contributed by atoms with Gasteiger partial charge in [0.15, 0.2) is 0 Å². The van der Waals surface area contributed by atoms with E-state index in [-0.39, 0.29) is 6.01 Å². The molecular weight excluding hydrogens is 239 g/mol. The zero-order chi connectivity index (χ0) is 13.1. The van der Waals surface area contributed by atoms with Crippen molar-refractivity contribution in [2.24, 2.45) is 5.73 Å². The second-order valence-electron chi connectivity index (χ2n) is 3.48. The molecule has 0 spiro atoms. The number of carbonyl (C=O) groups is 1. The first-order valence-electron chi connectivity index (χ1n) is 4.99. The van der Waals surface area contributed by atoms with Crippen molar-refractivity contribution >= 4 is 6.09 Å². The molecule has 92 valence electrons. The summed E-state index contributed by atoms with van der Waals surface area (Å²) < 4.78 is 17.6. The number of aromatic nitrogens is 3. The van der Waals surface area contributed by atoms with Gasteiger partial charge < -0.3 is 10.5 Å². The van der Waals surface area contributed by atoms with Crippen LogP contribution in [0.2, 0.25) is 0 Å². The van der Waals surface area contributed by atoms with Crippen LogP contribution in [0.3, 0.4) is 0 Å². The lowest BCUT2D eigenvalue weighted by Crippen LogP contribution is -2.17. The van der Waals surface area contributed by atoms with Gasteiger partial charge in [0, 0.05) is 23.5 Å². The van der Waals surface area contributed by atoms with Crippen LogP contribution in [0.15, 0.2) is 24.5 Å². The van der Waals surface area contributed by atoms with E-state index < -0.39 is 12.0 Å². The summed E-state index contributed by atoms with van der Waals surface area (Å²) in [6, 6.07) is 3.00. The molecule has 2 N–H and O–H groups in total. The fourth-order valence-corrected chi connectivity index (χ4v) is 1.34. The Hall–Kier alpha value is -2.57. The Labute approximate surface area is 102 Å². The maximum atomic E-state index is 13.0. The topological polar surface area (TPSA) is 91.0 Å². The van der Waals surface area contributed by atoms with Crippen LogP contribution in [0.5, 0.6) is 6.01 Å².